The van der Waals surface area contributed by atoms with Crippen LogP contribution in [0.2, 0.25) is 0 Å². The predicted molar refractivity (Wildman–Crippen MR) is 174 cm³/mol. The minimum atomic E-state index is -0.964. The molecule has 0 spiro atoms. The van der Waals surface area contributed by atoms with Gasteiger partial charge in [0.1, 0.15) is 0 Å². The van der Waals surface area contributed by atoms with Crippen molar-refractivity contribution < 1.29 is 33.7 Å². The molecule has 3 aromatic rings. The fourth-order valence-electron chi connectivity index (χ4n) is 7.29. The Hall–Kier alpha value is -4.57. The van der Waals surface area contributed by atoms with Gasteiger partial charge < -0.3 is 29.5 Å². The molecular weight excluding hydrogens is 586 g/mol. The van der Waals surface area contributed by atoms with Crippen LogP contribution < -0.4 is 24.4 Å². The summed E-state index contributed by atoms with van der Waals surface area (Å²) in [5.41, 5.74) is 6.42. The fraction of sp³-hybridized carbons (Fsp3) is 0.417. The van der Waals surface area contributed by atoms with Gasteiger partial charge in [0, 0.05) is 42.8 Å². The first kappa shape index (κ1) is 31.4. The molecule has 10 nitrogen and oxygen atoms in total. The highest BCUT2D eigenvalue weighted by Crippen LogP contribution is 2.50. The number of methoxy groups -OCH3 is 1. The van der Waals surface area contributed by atoms with Crippen molar-refractivity contribution in [2.24, 2.45) is 5.92 Å². The van der Waals surface area contributed by atoms with Crippen molar-refractivity contribution in [1.82, 2.24) is 4.90 Å². The van der Waals surface area contributed by atoms with Crippen LogP contribution in [0.3, 0.4) is 0 Å². The van der Waals surface area contributed by atoms with E-state index in [2.05, 4.69) is 38.2 Å². The van der Waals surface area contributed by atoms with Crippen LogP contribution >= 0.6 is 0 Å². The number of hydrogen-bond donors (Lipinski definition) is 2. The number of amides is 2. The molecule has 0 radical (unpaired) electrons. The molecule has 0 aliphatic carbocycles. The maximum absolute atomic E-state index is 13.8. The summed E-state index contributed by atoms with van der Waals surface area (Å²) in [6.45, 7) is 7.24. The number of carbonyl (C=O) groups is 3. The first-order chi connectivity index (χ1) is 22.2. The molecule has 2 fully saturated rings. The van der Waals surface area contributed by atoms with Crippen LogP contribution in [0.15, 0.2) is 48.5 Å². The number of likely N-dealkylation sites (tertiary alicyclic amines) is 1. The van der Waals surface area contributed by atoms with Gasteiger partial charge in [0.25, 0.3) is 0 Å². The van der Waals surface area contributed by atoms with Crippen LogP contribution in [0.1, 0.15) is 66.5 Å². The Balaban J connectivity index is 1.36. The molecule has 0 bridgehead atoms. The van der Waals surface area contributed by atoms with E-state index in [4.69, 9.17) is 14.2 Å². The molecule has 46 heavy (non-hydrogen) atoms. The number of fused-ring (bicyclic) bond motifs is 1. The van der Waals surface area contributed by atoms with E-state index < -0.39 is 23.8 Å². The number of nitrogens with zero attached hydrogens (tertiary/aromatic N) is 2. The van der Waals surface area contributed by atoms with Crippen LogP contribution in [-0.4, -0.2) is 61.3 Å². The van der Waals surface area contributed by atoms with Crippen molar-refractivity contribution in [3.8, 4) is 17.2 Å². The fourth-order valence-corrected chi connectivity index (χ4v) is 7.29. The number of carbonyl (C=O) groups excluding carboxylic acids is 2. The summed E-state index contributed by atoms with van der Waals surface area (Å²) in [5.74, 6) is -0.971. The molecule has 0 saturated carbocycles. The Kier molecular flexibility index (Phi) is 8.90. The molecule has 0 aromatic heterocycles. The summed E-state index contributed by atoms with van der Waals surface area (Å²) in [4.78, 5) is 43.0. The Morgan fingerprint density at radius 2 is 1.74 bits per heavy atom. The number of hydrogen-bond acceptors (Lipinski definition) is 7. The molecule has 242 valence electrons. The molecule has 2 amide bonds. The van der Waals surface area contributed by atoms with Crippen LogP contribution in [0.25, 0.3) is 0 Å². The molecule has 3 aliphatic rings. The zero-order chi connectivity index (χ0) is 32.5. The number of ether oxygens (including phenoxy) is 3. The Labute approximate surface area is 269 Å². The lowest BCUT2D eigenvalue weighted by Gasteiger charge is -2.28. The number of carboxylic acids is 1. The first-order valence-corrected chi connectivity index (χ1v) is 16.0. The second kappa shape index (κ2) is 13.0. The van der Waals surface area contributed by atoms with Crippen LogP contribution in [0.4, 0.5) is 11.4 Å². The van der Waals surface area contributed by atoms with Crippen molar-refractivity contribution in [3.05, 3.63) is 76.3 Å². The van der Waals surface area contributed by atoms with E-state index in [0.717, 1.165) is 58.5 Å². The molecule has 1 unspecified atom stereocenters. The van der Waals surface area contributed by atoms with Gasteiger partial charge in [0.15, 0.2) is 11.5 Å². The highest BCUT2D eigenvalue weighted by atomic mass is 16.7. The normalized spacial score (nSPS) is 20.7. The standard InChI is InChI=1S/C36H41N3O7/c1-5-22-14-21(3)15-23(6-2)33(22)37-30(40)19-38-18-27(25-16-28(44-4)35-29(17-25)45-20-46-35)32(36(42)43)34(38)24-9-11-26(12-10-24)39-13-7-8-31(39)41/h9-12,14-17,27,32,34H,5-8,13,18-20H2,1-4H3,(H,37,40)(H,42,43)/t27-,32?,34+/m1/s1. The van der Waals surface area contributed by atoms with Gasteiger partial charge in [0.2, 0.25) is 24.4 Å². The zero-order valence-corrected chi connectivity index (χ0v) is 26.8. The van der Waals surface area contributed by atoms with Crippen molar-refractivity contribution in [1.29, 1.82) is 0 Å². The second-order valence-electron chi connectivity index (χ2n) is 12.3. The minimum Gasteiger partial charge on any atom is -0.493 e. The van der Waals surface area contributed by atoms with Gasteiger partial charge >= 0.3 is 5.97 Å². The third-order valence-electron chi connectivity index (χ3n) is 9.43. The summed E-state index contributed by atoms with van der Waals surface area (Å²) in [5, 5.41) is 13.9. The number of carboxylic acid groups (broad SMARTS) is 1. The van der Waals surface area contributed by atoms with E-state index >= 15 is 0 Å². The number of benzene rings is 3. The largest absolute Gasteiger partial charge is 0.493 e. The molecule has 3 atom stereocenters. The maximum Gasteiger partial charge on any atom is 0.309 e. The Morgan fingerprint density at radius 1 is 1.02 bits per heavy atom. The van der Waals surface area contributed by atoms with E-state index in [9.17, 15) is 19.5 Å². The monoisotopic (exact) mass is 627 g/mol. The predicted octanol–water partition coefficient (Wildman–Crippen LogP) is 5.46. The van der Waals surface area contributed by atoms with Crippen LogP contribution in [0.5, 0.6) is 17.2 Å². The van der Waals surface area contributed by atoms with Crippen molar-refractivity contribution in [3.63, 3.8) is 0 Å². The lowest BCUT2D eigenvalue weighted by atomic mass is 9.82. The van der Waals surface area contributed by atoms with Crippen molar-refractivity contribution in [2.75, 3.05) is 43.8 Å². The molecule has 3 aliphatic heterocycles. The van der Waals surface area contributed by atoms with E-state index in [-0.39, 0.29) is 25.2 Å². The SMILES string of the molecule is CCc1cc(C)cc(CC)c1NC(=O)CN1C[C@H](c2cc(OC)c3c(c2)OCO3)C(C(=O)O)[C@@H]1c1ccc(N2CCCC2=O)cc1. The molecule has 2 N–H and O–H groups in total. The number of nitrogens with one attached hydrogen (secondary N) is 1. The summed E-state index contributed by atoms with van der Waals surface area (Å²) in [7, 11) is 1.54. The Morgan fingerprint density at radius 3 is 2.35 bits per heavy atom. The molecule has 3 aromatic carbocycles. The lowest BCUT2D eigenvalue weighted by molar-refractivity contribution is -0.143. The van der Waals surface area contributed by atoms with Crippen molar-refractivity contribution >= 4 is 29.2 Å². The molecule has 6 rings (SSSR count). The third-order valence-corrected chi connectivity index (χ3v) is 9.43. The molecular formula is C36H41N3O7. The topological polar surface area (TPSA) is 118 Å². The number of aryl methyl sites for hydroxylation is 3. The molecule has 10 heteroatoms. The van der Waals surface area contributed by atoms with Gasteiger partial charge in [-0.1, -0.05) is 43.7 Å². The summed E-state index contributed by atoms with van der Waals surface area (Å²) >= 11 is 0. The van der Waals surface area contributed by atoms with Gasteiger partial charge in [-0.25, -0.2) is 0 Å². The summed E-state index contributed by atoms with van der Waals surface area (Å²) in [6, 6.07) is 14.7. The highest BCUT2D eigenvalue weighted by Gasteiger charge is 2.48. The van der Waals surface area contributed by atoms with E-state index in [1.54, 1.807) is 4.90 Å². The smallest absolute Gasteiger partial charge is 0.309 e. The van der Waals surface area contributed by atoms with E-state index in [1.807, 2.05) is 41.3 Å². The quantitative estimate of drug-likeness (QED) is 0.304. The molecule has 3 heterocycles. The highest BCUT2D eigenvalue weighted by molar-refractivity contribution is 5.95. The number of aliphatic carboxylic acids is 1. The van der Waals surface area contributed by atoms with E-state index in [0.29, 0.717) is 36.8 Å². The third kappa shape index (κ3) is 5.89. The van der Waals surface area contributed by atoms with Gasteiger partial charge in [-0.05, 0) is 72.7 Å². The van der Waals surface area contributed by atoms with Gasteiger partial charge in [-0.3, -0.25) is 19.3 Å². The van der Waals surface area contributed by atoms with E-state index in [1.165, 1.54) is 7.11 Å². The summed E-state index contributed by atoms with van der Waals surface area (Å²) < 4.78 is 16.8. The van der Waals surface area contributed by atoms with Crippen molar-refractivity contribution in [2.45, 2.75) is 58.4 Å². The second-order valence-corrected chi connectivity index (χ2v) is 12.3. The van der Waals surface area contributed by atoms with Gasteiger partial charge in [-0.15, -0.1) is 0 Å². The molecule has 2 saturated heterocycles. The number of rotatable bonds is 10. The van der Waals surface area contributed by atoms with Crippen LogP contribution in [-0.2, 0) is 27.2 Å². The lowest BCUT2D eigenvalue weighted by Crippen LogP contribution is -2.35. The Bertz CT molecular complexity index is 1630. The number of anilines is 2. The summed E-state index contributed by atoms with van der Waals surface area (Å²) in [6.07, 6.45) is 2.89. The average molecular weight is 628 g/mol. The average Bonchev–Trinajstić information content (AvgIpc) is 3.79. The van der Waals surface area contributed by atoms with Gasteiger partial charge in [0.05, 0.1) is 19.6 Å². The first-order valence-electron chi connectivity index (χ1n) is 16.0. The maximum atomic E-state index is 13.8. The zero-order valence-electron chi connectivity index (χ0n) is 26.8. The minimum absolute atomic E-state index is 0.000813. The van der Waals surface area contributed by atoms with Gasteiger partial charge in [-0.2, -0.15) is 0 Å². The van der Waals surface area contributed by atoms with Crippen LogP contribution in [0, 0.1) is 12.8 Å².